The van der Waals surface area contributed by atoms with E-state index in [1.807, 2.05) is 23.1 Å². The van der Waals surface area contributed by atoms with Crippen molar-refractivity contribution < 1.29 is 19.1 Å². The van der Waals surface area contributed by atoms with Crippen LogP contribution in [0.25, 0.3) is 0 Å². The Morgan fingerprint density at radius 3 is 2.28 bits per heavy atom. The maximum atomic E-state index is 13.1. The van der Waals surface area contributed by atoms with E-state index < -0.39 is 6.04 Å². The molecule has 1 aromatic carbocycles. The lowest BCUT2D eigenvalue weighted by molar-refractivity contribution is -0.140. The second-order valence-corrected chi connectivity index (χ2v) is 9.06. The molecule has 1 atom stereocenters. The van der Waals surface area contributed by atoms with Gasteiger partial charge in [0, 0.05) is 57.9 Å². The summed E-state index contributed by atoms with van der Waals surface area (Å²) in [5, 5.41) is 2.94. The summed E-state index contributed by atoms with van der Waals surface area (Å²) in [6.07, 6.45) is 5.46. The molecular formula is C24H36N4O4. The Bertz CT molecular complexity index is 781. The van der Waals surface area contributed by atoms with Gasteiger partial charge in [0.05, 0.1) is 26.7 Å². The number of methoxy groups -OCH3 is 2. The first-order valence-corrected chi connectivity index (χ1v) is 11.8. The molecule has 4 rings (SSSR count). The minimum atomic E-state index is -0.457. The molecule has 0 aromatic heterocycles. The molecule has 176 valence electrons. The summed E-state index contributed by atoms with van der Waals surface area (Å²) in [5.41, 5.74) is 0.999. The average Bonchev–Trinajstić information content (AvgIpc) is 3.36. The lowest BCUT2D eigenvalue weighted by Gasteiger charge is -2.40. The average molecular weight is 445 g/mol. The van der Waals surface area contributed by atoms with Crippen molar-refractivity contribution in [1.82, 2.24) is 20.0 Å². The molecule has 32 heavy (non-hydrogen) atoms. The monoisotopic (exact) mass is 444 g/mol. The number of nitrogens with zero attached hydrogens (tertiary/aromatic N) is 3. The molecule has 3 aliphatic rings. The highest BCUT2D eigenvalue weighted by Gasteiger charge is 2.34. The van der Waals surface area contributed by atoms with Crippen molar-refractivity contribution in [2.75, 3.05) is 53.5 Å². The molecule has 1 aromatic rings. The molecular weight excluding hydrogens is 408 g/mol. The summed E-state index contributed by atoms with van der Waals surface area (Å²) in [6, 6.07) is 5.98. The van der Waals surface area contributed by atoms with Crippen LogP contribution in [-0.4, -0.2) is 92.1 Å². The molecule has 2 aliphatic heterocycles. The van der Waals surface area contributed by atoms with E-state index in [1.165, 1.54) is 25.7 Å². The number of carbonyl (C=O) groups is 2. The summed E-state index contributed by atoms with van der Waals surface area (Å²) in [7, 11) is 3.25. The van der Waals surface area contributed by atoms with Crippen LogP contribution in [0.3, 0.4) is 0 Å². The van der Waals surface area contributed by atoms with Crippen molar-refractivity contribution in [3.05, 3.63) is 23.8 Å². The smallest absolute Gasteiger partial charge is 0.237 e. The van der Waals surface area contributed by atoms with Crippen molar-refractivity contribution in [1.29, 1.82) is 0 Å². The molecule has 0 unspecified atom stereocenters. The summed E-state index contributed by atoms with van der Waals surface area (Å²) < 4.78 is 10.8. The van der Waals surface area contributed by atoms with Crippen LogP contribution in [0.15, 0.2) is 18.2 Å². The minimum absolute atomic E-state index is 0.0657. The normalized spacial score (nSPS) is 23.2. The van der Waals surface area contributed by atoms with E-state index >= 15 is 0 Å². The van der Waals surface area contributed by atoms with Crippen LogP contribution in [0.5, 0.6) is 11.5 Å². The van der Waals surface area contributed by atoms with Crippen molar-refractivity contribution in [3.8, 4) is 11.5 Å². The van der Waals surface area contributed by atoms with Gasteiger partial charge in [0.1, 0.15) is 11.5 Å². The van der Waals surface area contributed by atoms with Crippen molar-refractivity contribution in [3.63, 3.8) is 0 Å². The van der Waals surface area contributed by atoms with Gasteiger partial charge in [0.2, 0.25) is 11.8 Å². The molecule has 0 spiro atoms. The third-order valence-corrected chi connectivity index (χ3v) is 7.11. The van der Waals surface area contributed by atoms with Crippen LogP contribution in [0.2, 0.25) is 0 Å². The molecule has 2 heterocycles. The second kappa shape index (κ2) is 10.5. The molecule has 2 saturated heterocycles. The molecule has 3 fully saturated rings. The summed E-state index contributed by atoms with van der Waals surface area (Å²) in [5.74, 6) is 1.44. The van der Waals surface area contributed by atoms with Gasteiger partial charge >= 0.3 is 0 Å². The lowest BCUT2D eigenvalue weighted by Crippen LogP contribution is -2.57. The van der Waals surface area contributed by atoms with E-state index in [0.29, 0.717) is 37.2 Å². The number of hydrogen-bond acceptors (Lipinski definition) is 6. The fraction of sp³-hybridized carbons (Fsp3) is 0.667. The van der Waals surface area contributed by atoms with Crippen LogP contribution in [0.1, 0.15) is 37.7 Å². The number of nitrogens with one attached hydrogen (secondary N) is 1. The zero-order valence-electron chi connectivity index (χ0n) is 19.3. The third kappa shape index (κ3) is 5.35. The fourth-order valence-electron chi connectivity index (χ4n) is 5.27. The van der Waals surface area contributed by atoms with E-state index in [9.17, 15) is 9.59 Å². The number of carbonyl (C=O) groups excluding carboxylic acids is 2. The first-order valence-electron chi connectivity index (χ1n) is 11.8. The van der Waals surface area contributed by atoms with E-state index in [0.717, 1.165) is 31.7 Å². The van der Waals surface area contributed by atoms with E-state index in [1.54, 1.807) is 14.2 Å². The van der Waals surface area contributed by atoms with Crippen molar-refractivity contribution in [2.45, 2.75) is 50.7 Å². The Hall–Kier alpha value is -2.32. The maximum Gasteiger partial charge on any atom is 0.237 e. The number of ether oxygens (including phenoxy) is 2. The Balaban J connectivity index is 1.37. The zero-order valence-corrected chi connectivity index (χ0v) is 19.3. The topological polar surface area (TPSA) is 74.4 Å². The molecule has 1 saturated carbocycles. The molecule has 8 nitrogen and oxygen atoms in total. The SMILES string of the molecule is COc1cc(CN2CCNC(=O)[C@@H]2CC(=O)N2CCN(C3CCCC3)CC2)cc(OC)c1. The van der Waals surface area contributed by atoms with Crippen LogP contribution in [0.4, 0.5) is 0 Å². The van der Waals surface area contributed by atoms with Crippen LogP contribution >= 0.6 is 0 Å². The third-order valence-electron chi connectivity index (χ3n) is 7.11. The van der Waals surface area contributed by atoms with Crippen LogP contribution in [0, 0.1) is 0 Å². The first-order chi connectivity index (χ1) is 15.6. The molecule has 8 heteroatoms. The van der Waals surface area contributed by atoms with E-state index in [-0.39, 0.29) is 18.2 Å². The molecule has 0 bridgehead atoms. The predicted molar refractivity (Wildman–Crippen MR) is 122 cm³/mol. The molecule has 1 aliphatic carbocycles. The summed E-state index contributed by atoms with van der Waals surface area (Å²) in [4.78, 5) is 32.4. The molecule has 2 amide bonds. The highest BCUT2D eigenvalue weighted by Crippen LogP contribution is 2.26. The quantitative estimate of drug-likeness (QED) is 0.687. The Morgan fingerprint density at radius 2 is 1.66 bits per heavy atom. The number of piperazine rings is 2. The Labute approximate surface area is 190 Å². The highest BCUT2D eigenvalue weighted by atomic mass is 16.5. The number of hydrogen-bond donors (Lipinski definition) is 1. The Kier molecular flexibility index (Phi) is 7.52. The van der Waals surface area contributed by atoms with Gasteiger partial charge in [-0.1, -0.05) is 12.8 Å². The zero-order chi connectivity index (χ0) is 22.5. The lowest BCUT2D eigenvalue weighted by atomic mass is 10.1. The van der Waals surface area contributed by atoms with Gasteiger partial charge < -0.3 is 19.7 Å². The Morgan fingerprint density at radius 1 is 1.00 bits per heavy atom. The van der Waals surface area contributed by atoms with Gasteiger partial charge in [-0.25, -0.2) is 0 Å². The molecule has 1 N–H and O–H groups in total. The van der Waals surface area contributed by atoms with Crippen molar-refractivity contribution in [2.24, 2.45) is 0 Å². The van der Waals surface area contributed by atoms with Crippen LogP contribution in [-0.2, 0) is 16.1 Å². The van der Waals surface area contributed by atoms with Gasteiger partial charge in [-0.2, -0.15) is 0 Å². The van der Waals surface area contributed by atoms with Crippen LogP contribution < -0.4 is 14.8 Å². The van der Waals surface area contributed by atoms with Gasteiger partial charge in [-0.15, -0.1) is 0 Å². The van der Waals surface area contributed by atoms with Gasteiger partial charge in [0.15, 0.2) is 0 Å². The number of amides is 2. The standard InChI is InChI=1S/C24H36N4O4/c1-31-20-13-18(14-21(15-20)32-2)17-28-8-7-25-24(30)22(28)16-23(29)27-11-9-26(10-12-27)19-5-3-4-6-19/h13-15,19,22H,3-12,16-17H2,1-2H3,(H,25,30)/t22-/m0/s1. The number of benzene rings is 1. The maximum absolute atomic E-state index is 13.1. The van der Waals surface area contributed by atoms with Gasteiger partial charge in [-0.3, -0.25) is 19.4 Å². The van der Waals surface area contributed by atoms with E-state index in [2.05, 4.69) is 15.1 Å². The number of rotatable bonds is 7. The van der Waals surface area contributed by atoms with Gasteiger partial charge in [0.25, 0.3) is 0 Å². The second-order valence-electron chi connectivity index (χ2n) is 9.06. The van der Waals surface area contributed by atoms with Crippen molar-refractivity contribution >= 4 is 11.8 Å². The summed E-state index contributed by atoms with van der Waals surface area (Å²) in [6.45, 7) is 5.27. The fourth-order valence-corrected chi connectivity index (χ4v) is 5.27. The van der Waals surface area contributed by atoms with E-state index in [4.69, 9.17) is 9.47 Å². The minimum Gasteiger partial charge on any atom is -0.497 e. The summed E-state index contributed by atoms with van der Waals surface area (Å²) >= 11 is 0. The largest absolute Gasteiger partial charge is 0.497 e. The molecule has 0 radical (unpaired) electrons. The van der Waals surface area contributed by atoms with Gasteiger partial charge in [-0.05, 0) is 30.5 Å². The highest BCUT2D eigenvalue weighted by molar-refractivity contribution is 5.88. The first kappa shape index (κ1) is 22.9. The predicted octanol–water partition coefficient (Wildman–Crippen LogP) is 1.48.